The lowest BCUT2D eigenvalue weighted by molar-refractivity contribution is -0.384. The van der Waals surface area contributed by atoms with E-state index in [1.54, 1.807) is 19.9 Å². The van der Waals surface area contributed by atoms with Gasteiger partial charge in [0.25, 0.3) is 5.69 Å². The summed E-state index contributed by atoms with van der Waals surface area (Å²) in [5.74, 6) is 0. The van der Waals surface area contributed by atoms with E-state index in [9.17, 15) is 25.4 Å². The Morgan fingerprint density at radius 2 is 1.73 bits per heavy atom. The Labute approximate surface area is 127 Å². The van der Waals surface area contributed by atoms with E-state index >= 15 is 0 Å². The minimum atomic E-state index is -1.41. The van der Waals surface area contributed by atoms with Crippen LogP contribution in [0.15, 0.2) is 12.1 Å². The van der Waals surface area contributed by atoms with Gasteiger partial charge in [-0.15, -0.1) is 0 Å². The Morgan fingerprint density at radius 1 is 1.14 bits per heavy atom. The predicted octanol–water partition coefficient (Wildman–Crippen LogP) is 0.451. The number of anilines is 1. The normalized spacial score (nSPS) is 31.8. The summed E-state index contributed by atoms with van der Waals surface area (Å²) in [7, 11) is 0. The van der Waals surface area contributed by atoms with Gasteiger partial charge in [-0.2, -0.15) is 0 Å². The van der Waals surface area contributed by atoms with Crippen LogP contribution in [0.25, 0.3) is 0 Å². The van der Waals surface area contributed by atoms with Crippen molar-refractivity contribution in [3.05, 3.63) is 33.4 Å². The van der Waals surface area contributed by atoms with Gasteiger partial charge in [0.15, 0.2) is 6.23 Å². The molecule has 1 aliphatic heterocycles. The summed E-state index contributed by atoms with van der Waals surface area (Å²) in [4.78, 5) is 10.6. The first kappa shape index (κ1) is 16.6. The van der Waals surface area contributed by atoms with Crippen LogP contribution in [0.4, 0.5) is 11.4 Å². The van der Waals surface area contributed by atoms with E-state index in [-0.39, 0.29) is 11.4 Å². The number of aryl methyl sites for hydroxylation is 2. The van der Waals surface area contributed by atoms with E-state index in [0.717, 1.165) is 11.1 Å². The summed E-state index contributed by atoms with van der Waals surface area (Å²) >= 11 is 0. The molecule has 1 aliphatic rings. The van der Waals surface area contributed by atoms with Crippen molar-refractivity contribution in [3.63, 3.8) is 0 Å². The minimum Gasteiger partial charge on any atom is -0.388 e. The molecule has 1 aromatic rings. The molecule has 0 aliphatic carbocycles. The average Bonchev–Trinajstić information content (AvgIpc) is 2.45. The highest BCUT2D eigenvalue weighted by atomic mass is 16.6. The molecule has 0 unspecified atom stereocenters. The Kier molecular flexibility index (Phi) is 4.66. The van der Waals surface area contributed by atoms with E-state index < -0.39 is 35.6 Å². The van der Waals surface area contributed by atoms with Crippen molar-refractivity contribution in [2.45, 2.75) is 51.4 Å². The van der Waals surface area contributed by atoms with Crippen LogP contribution < -0.4 is 5.32 Å². The second-order valence-electron chi connectivity index (χ2n) is 5.59. The van der Waals surface area contributed by atoms with Crippen LogP contribution in [-0.4, -0.2) is 50.9 Å². The standard InChI is InChI=1S/C14H20N2O6/c1-6-4-9(10(16(20)21)5-7(6)2)15-14-13(19)12(18)11(17)8(3)22-14/h4-5,8,11-15,17-19H,1-3H3/t8-,11+,12+,13+,14+/m0/s1. The summed E-state index contributed by atoms with van der Waals surface area (Å²) < 4.78 is 5.40. The first-order chi connectivity index (χ1) is 10.2. The summed E-state index contributed by atoms with van der Waals surface area (Å²) in [6, 6.07) is 3.02. The molecule has 2 rings (SSSR count). The van der Waals surface area contributed by atoms with Gasteiger partial charge in [-0.25, -0.2) is 0 Å². The van der Waals surface area contributed by atoms with Gasteiger partial charge in [-0.3, -0.25) is 10.1 Å². The van der Waals surface area contributed by atoms with E-state index in [1.807, 2.05) is 6.92 Å². The number of hydrogen-bond acceptors (Lipinski definition) is 7. The third-order valence-corrected chi connectivity index (χ3v) is 3.96. The second kappa shape index (κ2) is 6.17. The highest BCUT2D eigenvalue weighted by molar-refractivity contribution is 5.64. The van der Waals surface area contributed by atoms with Crippen molar-refractivity contribution in [2.24, 2.45) is 0 Å². The van der Waals surface area contributed by atoms with Crippen LogP contribution in [0.2, 0.25) is 0 Å². The number of aliphatic hydroxyl groups excluding tert-OH is 3. The van der Waals surface area contributed by atoms with Gasteiger partial charge in [0.2, 0.25) is 0 Å². The van der Waals surface area contributed by atoms with Gasteiger partial charge >= 0.3 is 0 Å². The molecule has 4 N–H and O–H groups in total. The third-order valence-electron chi connectivity index (χ3n) is 3.96. The maximum atomic E-state index is 11.2. The van der Waals surface area contributed by atoms with Crippen LogP contribution in [0.1, 0.15) is 18.1 Å². The summed E-state index contributed by atoms with van der Waals surface area (Å²) in [6.45, 7) is 5.12. The predicted molar refractivity (Wildman–Crippen MR) is 78.5 cm³/mol. The van der Waals surface area contributed by atoms with E-state index in [4.69, 9.17) is 4.74 Å². The summed E-state index contributed by atoms with van der Waals surface area (Å²) in [6.07, 6.45) is -5.81. The molecule has 0 bridgehead atoms. The first-order valence-corrected chi connectivity index (χ1v) is 6.94. The van der Waals surface area contributed by atoms with Crippen molar-refractivity contribution in [1.82, 2.24) is 0 Å². The molecule has 1 heterocycles. The van der Waals surface area contributed by atoms with Crippen LogP contribution in [-0.2, 0) is 4.74 Å². The molecule has 122 valence electrons. The molecule has 22 heavy (non-hydrogen) atoms. The Morgan fingerprint density at radius 3 is 2.32 bits per heavy atom. The number of nitro groups is 1. The quantitative estimate of drug-likeness (QED) is 0.471. The van der Waals surface area contributed by atoms with Crippen molar-refractivity contribution >= 4 is 11.4 Å². The number of nitrogens with zero attached hydrogens (tertiary/aromatic N) is 1. The van der Waals surface area contributed by atoms with Crippen molar-refractivity contribution < 1.29 is 25.0 Å². The number of rotatable bonds is 3. The highest BCUT2D eigenvalue weighted by Gasteiger charge is 2.42. The van der Waals surface area contributed by atoms with Crippen LogP contribution in [0, 0.1) is 24.0 Å². The molecule has 0 amide bonds. The van der Waals surface area contributed by atoms with Crippen LogP contribution in [0.3, 0.4) is 0 Å². The highest BCUT2D eigenvalue weighted by Crippen LogP contribution is 2.31. The molecule has 8 nitrogen and oxygen atoms in total. The van der Waals surface area contributed by atoms with Gasteiger partial charge < -0.3 is 25.4 Å². The first-order valence-electron chi connectivity index (χ1n) is 6.94. The van der Waals surface area contributed by atoms with Gasteiger partial charge in [0.05, 0.1) is 11.0 Å². The largest absolute Gasteiger partial charge is 0.388 e. The topological polar surface area (TPSA) is 125 Å². The molecular formula is C14H20N2O6. The molecule has 1 fully saturated rings. The van der Waals surface area contributed by atoms with Crippen LogP contribution in [0.5, 0.6) is 0 Å². The fourth-order valence-corrected chi connectivity index (χ4v) is 2.39. The number of nitrogens with one attached hydrogen (secondary N) is 1. The number of aliphatic hydroxyl groups is 3. The molecule has 0 spiro atoms. The van der Waals surface area contributed by atoms with Crippen molar-refractivity contribution in [1.29, 1.82) is 0 Å². The lowest BCUT2D eigenvalue weighted by atomic mass is 9.98. The lowest BCUT2D eigenvalue weighted by Gasteiger charge is -2.39. The molecule has 1 saturated heterocycles. The lowest BCUT2D eigenvalue weighted by Crippen LogP contribution is -2.58. The van der Waals surface area contributed by atoms with Crippen LogP contribution >= 0.6 is 0 Å². The number of ether oxygens (including phenoxy) is 1. The number of hydrogen-bond donors (Lipinski definition) is 4. The van der Waals surface area contributed by atoms with Gasteiger partial charge in [-0.05, 0) is 38.0 Å². The number of benzene rings is 1. The Hall–Kier alpha value is -1.74. The summed E-state index contributed by atoms with van der Waals surface area (Å²) in [5.41, 5.74) is 1.65. The second-order valence-corrected chi connectivity index (χ2v) is 5.59. The molecule has 0 aromatic heterocycles. The average molecular weight is 312 g/mol. The molecule has 0 radical (unpaired) electrons. The summed E-state index contributed by atoms with van der Waals surface area (Å²) in [5, 5.41) is 43.3. The molecule has 0 saturated carbocycles. The maximum absolute atomic E-state index is 11.2. The Bertz CT molecular complexity index is 579. The van der Waals surface area contributed by atoms with Gasteiger partial charge in [0, 0.05) is 6.07 Å². The van der Waals surface area contributed by atoms with E-state index in [0.29, 0.717) is 0 Å². The molecule has 1 aromatic carbocycles. The van der Waals surface area contributed by atoms with Gasteiger partial charge in [-0.1, -0.05) is 0 Å². The zero-order valence-corrected chi connectivity index (χ0v) is 12.6. The zero-order chi connectivity index (χ0) is 16.6. The zero-order valence-electron chi connectivity index (χ0n) is 12.6. The molecular weight excluding hydrogens is 292 g/mol. The maximum Gasteiger partial charge on any atom is 0.292 e. The minimum absolute atomic E-state index is 0.146. The number of nitro benzene ring substituents is 1. The van der Waals surface area contributed by atoms with Gasteiger partial charge in [0.1, 0.15) is 24.0 Å². The fourth-order valence-electron chi connectivity index (χ4n) is 2.39. The third kappa shape index (κ3) is 3.05. The van der Waals surface area contributed by atoms with Crippen molar-refractivity contribution in [3.8, 4) is 0 Å². The smallest absolute Gasteiger partial charge is 0.292 e. The van der Waals surface area contributed by atoms with E-state index in [2.05, 4.69) is 5.32 Å². The Balaban J connectivity index is 2.30. The molecule has 5 atom stereocenters. The molecule has 8 heteroatoms. The van der Waals surface area contributed by atoms with E-state index in [1.165, 1.54) is 6.07 Å². The SMILES string of the molecule is Cc1cc(N[C@@H]2O[C@@H](C)[C@@H](O)[C@@H](O)[C@H]2O)c([N+](=O)[O-])cc1C. The fraction of sp³-hybridized carbons (Fsp3) is 0.571. The van der Waals surface area contributed by atoms with Crippen molar-refractivity contribution in [2.75, 3.05) is 5.32 Å². The monoisotopic (exact) mass is 312 g/mol.